The molecule has 4 rings (SSSR count). The standard InChI is InChI=1S/C27H27N3O4/c1-27(2,3)18-8-9-21(34-4)19(15-18)24(31)22-23(20-7-5-6-12-29-20)30(26(33)25(22)32)16-17-10-13-28-14-11-17/h5-15,23,31H,16H2,1-4H3/b24-22+. The largest absolute Gasteiger partial charge is 0.507 e. The van der Waals surface area contributed by atoms with Crippen LogP contribution in [0.3, 0.4) is 0 Å². The molecule has 1 aliphatic heterocycles. The number of ether oxygens (including phenoxy) is 1. The first-order chi connectivity index (χ1) is 16.2. The van der Waals surface area contributed by atoms with E-state index in [1.54, 1.807) is 61.1 Å². The lowest BCUT2D eigenvalue weighted by molar-refractivity contribution is -0.140. The number of likely N-dealkylation sites (tertiary alicyclic amines) is 1. The molecule has 1 aromatic carbocycles. The SMILES string of the molecule is COc1ccc(C(C)(C)C)cc1/C(O)=C1\C(=O)C(=O)N(Cc2ccncc2)C1c1ccccn1. The molecule has 3 aromatic rings. The number of aliphatic hydroxyl groups excluding tert-OH is 1. The monoisotopic (exact) mass is 457 g/mol. The highest BCUT2D eigenvalue weighted by atomic mass is 16.5. The minimum atomic E-state index is -0.850. The molecule has 1 unspecified atom stereocenters. The number of carbonyl (C=O) groups is 2. The molecule has 1 N–H and O–H groups in total. The van der Waals surface area contributed by atoms with Gasteiger partial charge < -0.3 is 14.7 Å². The van der Waals surface area contributed by atoms with Crippen molar-refractivity contribution in [2.75, 3.05) is 7.11 Å². The first-order valence-corrected chi connectivity index (χ1v) is 11.0. The number of amides is 1. The Hall–Kier alpha value is -4.00. The van der Waals surface area contributed by atoms with Crippen LogP contribution >= 0.6 is 0 Å². The van der Waals surface area contributed by atoms with Gasteiger partial charge in [0.2, 0.25) is 0 Å². The number of hydrogen-bond donors (Lipinski definition) is 1. The van der Waals surface area contributed by atoms with Crippen molar-refractivity contribution in [3.05, 3.63) is 95.1 Å². The van der Waals surface area contributed by atoms with E-state index in [1.807, 2.05) is 6.07 Å². The first kappa shape index (κ1) is 23.2. The van der Waals surface area contributed by atoms with Crippen LogP contribution in [0.4, 0.5) is 0 Å². The Morgan fingerprint density at radius 2 is 1.79 bits per heavy atom. The predicted molar refractivity (Wildman–Crippen MR) is 128 cm³/mol. The normalized spacial score (nSPS) is 17.8. The third-order valence-corrected chi connectivity index (χ3v) is 5.93. The Labute approximate surface area is 198 Å². The molecule has 7 heteroatoms. The van der Waals surface area contributed by atoms with Crippen molar-refractivity contribution in [2.45, 2.75) is 38.8 Å². The maximum Gasteiger partial charge on any atom is 0.296 e. The van der Waals surface area contributed by atoms with Crippen LogP contribution in [-0.4, -0.2) is 38.8 Å². The van der Waals surface area contributed by atoms with Gasteiger partial charge in [-0.25, -0.2) is 0 Å². The number of Topliss-reactive ketones (excluding diaryl/α,β-unsaturated/α-hetero) is 1. The summed E-state index contributed by atoms with van der Waals surface area (Å²) in [7, 11) is 1.50. The molecule has 34 heavy (non-hydrogen) atoms. The van der Waals surface area contributed by atoms with E-state index >= 15 is 0 Å². The highest BCUT2D eigenvalue weighted by molar-refractivity contribution is 6.46. The van der Waals surface area contributed by atoms with Crippen molar-refractivity contribution < 1.29 is 19.4 Å². The summed E-state index contributed by atoms with van der Waals surface area (Å²) >= 11 is 0. The average molecular weight is 458 g/mol. The van der Waals surface area contributed by atoms with Gasteiger partial charge in [-0.2, -0.15) is 0 Å². The van der Waals surface area contributed by atoms with Gasteiger partial charge in [-0.1, -0.05) is 32.9 Å². The van der Waals surface area contributed by atoms with Crippen molar-refractivity contribution in [3.63, 3.8) is 0 Å². The molecule has 2 aromatic heterocycles. The average Bonchev–Trinajstić information content (AvgIpc) is 3.08. The lowest BCUT2D eigenvalue weighted by atomic mass is 9.85. The van der Waals surface area contributed by atoms with Gasteiger partial charge in [0.15, 0.2) is 0 Å². The Kier molecular flexibility index (Phi) is 6.20. The maximum atomic E-state index is 13.3. The smallest absolute Gasteiger partial charge is 0.296 e. The van der Waals surface area contributed by atoms with Crippen molar-refractivity contribution in [2.24, 2.45) is 0 Å². The molecule has 1 aliphatic rings. The molecule has 1 saturated heterocycles. The number of hydrogen-bond acceptors (Lipinski definition) is 6. The quantitative estimate of drug-likeness (QED) is 0.347. The summed E-state index contributed by atoms with van der Waals surface area (Å²) in [4.78, 5) is 36.3. The van der Waals surface area contributed by atoms with Crippen LogP contribution in [0.1, 0.15) is 49.2 Å². The van der Waals surface area contributed by atoms with Gasteiger partial charge in [0, 0.05) is 25.1 Å². The Balaban J connectivity index is 1.91. The summed E-state index contributed by atoms with van der Waals surface area (Å²) in [5.74, 6) is -1.33. The van der Waals surface area contributed by atoms with E-state index in [0.29, 0.717) is 17.0 Å². The molecule has 0 radical (unpaired) electrons. The lowest BCUT2D eigenvalue weighted by Crippen LogP contribution is -2.29. The Bertz CT molecular complexity index is 1250. The molecule has 0 spiro atoms. The van der Waals surface area contributed by atoms with Crippen LogP contribution in [0.2, 0.25) is 0 Å². The highest BCUT2D eigenvalue weighted by Gasteiger charge is 2.47. The topological polar surface area (TPSA) is 92.6 Å². The number of nitrogens with zero attached hydrogens (tertiary/aromatic N) is 3. The molecule has 1 atom stereocenters. The third-order valence-electron chi connectivity index (χ3n) is 5.93. The zero-order valence-corrected chi connectivity index (χ0v) is 19.6. The van der Waals surface area contributed by atoms with Crippen LogP contribution in [-0.2, 0) is 21.5 Å². The van der Waals surface area contributed by atoms with Crippen molar-refractivity contribution in [1.82, 2.24) is 14.9 Å². The van der Waals surface area contributed by atoms with Crippen LogP contribution in [0.15, 0.2) is 72.7 Å². The Morgan fingerprint density at radius 1 is 1.06 bits per heavy atom. The molecule has 1 amide bonds. The number of rotatable bonds is 5. The maximum absolute atomic E-state index is 13.3. The second-order valence-electron chi connectivity index (χ2n) is 9.20. The summed E-state index contributed by atoms with van der Waals surface area (Å²) in [5.41, 5.74) is 2.40. The molecule has 174 valence electrons. The van der Waals surface area contributed by atoms with Crippen LogP contribution < -0.4 is 4.74 Å². The van der Waals surface area contributed by atoms with E-state index in [0.717, 1.165) is 11.1 Å². The zero-order chi connectivity index (χ0) is 24.5. The van der Waals surface area contributed by atoms with E-state index in [4.69, 9.17) is 4.74 Å². The zero-order valence-electron chi connectivity index (χ0n) is 19.6. The second-order valence-corrected chi connectivity index (χ2v) is 9.20. The summed E-state index contributed by atoms with van der Waals surface area (Å²) < 4.78 is 5.49. The van der Waals surface area contributed by atoms with E-state index < -0.39 is 17.7 Å². The first-order valence-electron chi connectivity index (χ1n) is 11.0. The minimum absolute atomic E-state index is 0.0119. The van der Waals surface area contributed by atoms with Crippen molar-refractivity contribution in [1.29, 1.82) is 0 Å². The predicted octanol–water partition coefficient (Wildman–Crippen LogP) is 4.40. The summed E-state index contributed by atoms with van der Waals surface area (Å²) in [6.07, 6.45) is 4.86. The van der Waals surface area contributed by atoms with Crippen LogP contribution in [0.5, 0.6) is 5.75 Å². The molecule has 7 nitrogen and oxygen atoms in total. The fourth-order valence-electron chi connectivity index (χ4n) is 4.08. The number of aliphatic hydroxyl groups is 1. The minimum Gasteiger partial charge on any atom is -0.507 e. The van der Waals surface area contributed by atoms with Crippen molar-refractivity contribution in [3.8, 4) is 5.75 Å². The van der Waals surface area contributed by atoms with Gasteiger partial charge in [0.1, 0.15) is 17.6 Å². The molecule has 0 bridgehead atoms. The number of pyridine rings is 2. The fourth-order valence-corrected chi connectivity index (χ4v) is 4.08. The van der Waals surface area contributed by atoms with Crippen LogP contribution in [0, 0.1) is 0 Å². The van der Waals surface area contributed by atoms with Gasteiger partial charge in [0.25, 0.3) is 11.7 Å². The van der Waals surface area contributed by atoms with Gasteiger partial charge in [-0.3, -0.25) is 19.6 Å². The van der Waals surface area contributed by atoms with E-state index in [2.05, 4.69) is 30.7 Å². The van der Waals surface area contributed by atoms with Gasteiger partial charge >= 0.3 is 0 Å². The van der Waals surface area contributed by atoms with E-state index in [1.165, 1.54) is 12.0 Å². The molecule has 1 fully saturated rings. The Morgan fingerprint density at radius 3 is 2.41 bits per heavy atom. The highest BCUT2D eigenvalue weighted by Crippen LogP contribution is 2.41. The third kappa shape index (κ3) is 4.29. The molecular formula is C27H27N3O4. The second kappa shape index (κ2) is 9.09. The number of ketones is 1. The molecular weight excluding hydrogens is 430 g/mol. The number of aromatic nitrogens is 2. The van der Waals surface area contributed by atoms with Crippen LogP contribution in [0.25, 0.3) is 5.76 Å². The number of methoxy groups -OCH3 is 1. The summed E-state index contributed by atoms with van der Waals surface area (Å²) in [6.45, 7) is 6.34. The summed E-state index contributed by atoms with van der Waals surface area (Å²) in [6, 6.07) is 13.5. The fraction of sp³-hybridized carbons (Fsp3) is 0.259. The molecule has 0 saturated carbocycles. The lowest BCUT2D eigenvalue weighted by Gasteiger charge is -2.25. The van der Waals surface area contributed by atoms with E-state index in [-0.39, 0.29) is 23.3 Å². The molecule has 3 heterocycles. The van der Waals surface area contributed by atoms with Gasteiger partial charge in [0.05, 0.1) is 23.9 Å². The number of carbonyl (C=O) groups excluding carboxylic acids is 2. The summed E-state index contributed by atoms with van der Waals surface area (Å²) in [5, 5.41) is 11.5. The molecule has 0 aliphatic carbocycles. The van der Waals surface area contributed by atoms with Gasteiger partial charge in [-0.05, 0) is 52.9 Å². The number of benzene rings is 1. The van der Waals surface area contributed by atoms with Gasteiger partial charge in [-0.15, -0.1) is 0 Å². The van der Waals surface area contributed by atoms with E-state index in [9.17, 15) is 14.7 Å². The van der Waals surface area contributed by atoms with Crippen molar-refractivity contribution >= 4 is 17.4 Å².